The zero-order valence-electron chi connectivity index (χ0n) is 16.7. The van der Waals surface area contributed by atoms with Crippen molar-refractivity contribution >= 4 is 28.8 Å². The van der Waals surface area contributed by atoms with Crippen LogP contribution in [0.1, 0.15) is 58.2 Å². The third-order valence-corrected chi connectivity index (χ3v) is 6.34. The summed E-state index contributed by atoms with van der Waals surface area (Å²) >= 11 is 1.47. The van der Waals surface area contributed by atoms with E-state index in [1.54, 1.807) is 11.8 Å². The van der Waals surface area contributed by atoms with E-state index in [2.05, 4.69) is 37.9 Å². The van der Waals surface area contributed by atoms with E-state index < -0.39 is 12.0 Å². The van der Waals surface area contributed by atoms with Gasteiger partial charge in [-0.2, -0.15) is 0 Å². The molecule has 0 bridgehead atoms. The third-order valence-electron chi connectivity index (χ3n) is 5.02. The molecule has 1 aromatic rings. The zero-order valence-corrected chi connectivity index (χ0v) is 17.5. The fraction of sp³-hybridized carbons (Fsp3) is 0.476. The van der Waals surface area contributed by atoms with Crippen LogP contribution >= 0.6 is 11.8 Å². The van der Waals surface area contributed by atoms with Crippen molar-refractivity contribution in [1.82, 2.24) is 4.90 Å². The molecule has 1 saturated heterocycles. The first-order chi connectivity index (χ1) is 12.7. The van der Waals surface area contributed by atoms with Crippen molar-refractivity contribution in [3.8, 4) is 0 Å². The fourth-order valence-electron chi connectivity index (χ4n) is 3.44. The Balaban J connectivity index is 2.12. The Bertz CT molecular complexity index is 834. The van der Waals surface area contributed by atoms with Gasteiger partial charge < -0.3 is 4.74 Å². The summed E-state index contributed by atoms with van der Waals surface area (Å²) < 4.78 is 5.02. The van der Waals surface area contributed by atoms with E-state index in [4.69, 9.17) is 4.74 Å². The molecule has 2 aliphatic rings. The fourth-order valence-corrected chi connectivity index (χ4v) is 4.57. The second kappa shape index (κ2) is 7.15. The number of carbonyl (C=O) groups is 2. The Morgan fingerprint density at radius 3 is 2.41 bits per heavy atom. The van der Waals surface area contributed by atoms with Crippen molar-refractivity contribution in [2.24, 2.45) is 4.99 Å². The van der Waals surface area contributed by atoms with E-state index in [1.807, 2.05) is 19.1 Å². The first-order valence-electron chi connectivity index (χ1n) is 9.17. The minimum Gasteiger partial charge on any atom is -0.466 e. The minimum absolute atomic E-state index is 0.0000472. The number of rotatable bonds is 3. The molecule has 0 aliphatic carbocycles. The zero-order chi connectivity index (χ0) is 19.9. The van der Waals surface area contributed by atoms with Gasteiger partial charge in [0.2, 0.25) is 5.91 Å². The topological polar surface area (TPSA) is 59.0 Å². The van der Waals surface area contributed by atoms with Crippen LogP contribution in [0.5, 0.6) is 0 Å². The first-order valence-corrected chi connectivity index (χ1v) is 10.0. The minimum atomic E-state index is -0.504. The van der Waals surface area contributed by atoms with E-state index in [0.29, 0.717) is 16.4 Å². The van der Waals surface area contributed by atoms with Crippen molar-refractivity contribution in [3.05, 3.63) is 46.7 Å². The number of carbonyl (C=O) groups excluding carboxylic acids is 2. The lowest BCUT2D eigenvalue weighted by atomic mass is 9.85. The van der Waals surface area contributed by atoms with Gasteiger partial charge in [0.1, 0.15) is 0 Å². The normalized spacial score (nSPS) is 22.7. The molecule has 5 nitrogen and oxygen atoms in total. The van der Waals surface area contributed by atoms with Crippen molar-refractivity contribution < 1.29 is 14.3 Å². The number of fused-ring (bicyclic) bond motifs is 1. The quantitative estimate of drug-likeness (QED) is 0.731. The van der Waals surface area contributed by atoms with Gasteiger partial charge in [-0.15, -0.1) is 0 Å². The van der Waals surface area contributed by atoms with E-state index in [1.165, 1.54) is 24.4 Å². The Morgan fingerprint density at radius 2 is 1.89 bits per heavy atom. The van der Waals surface area contributed by atoms with Crippen LogP contribution in [0.4, 0.5) is 0 Å². The summed E-state index contributed by atoms with van der Waals surface area (Å²) in [5.41, 5.74) is 3.15. The molecule has 2 aliphatic heterocycles. The van der Waals surface area contributed by atoms with E-state index >= 15 is 0 Å². The monoisotopic (exact) mass is 386 g/mol. The molecule has 0 N–H and O–H groups in total. The van der Waals surface area contributed by atoms with Gasteiger partial charge in [-0.05, 0) is 29.9 Å². The molecule has 1 fully saturated rings. The molecule has 144 valence electrons. The maximum Gasteiger partial charge on any atom is 0.338 e. The van der Waals surface area contributed by atoms with E-state index in [0.717, 1.165) is 12.0 Å². The van der Waals surface area contributed by atoms with Crippen LogP contribution in [0.15, 0.2) is 40.5 Å². The van der Waals surface area contributed by atoms with Crippen LogP contribution in [0, 0.1) is 0 Å². The molecule has 27 heavy (non-hydrogen) atoms. The lowest BCUT2D eigenvalue weighted by molar-refractivity contribution is -0.137. The molecule has 0 saturated carbocycles. The van der Waals surface area contributed by atoms with Crippen LogP contribution < -0.4 is 0 Å². The van der Waals surface area contributed by atoms with E-state index in [9.17, 15) is 9.59 Å². The summed E-state index contributed by atoms with van der Waals surface area (Å²) in [4.78, 5) is 31.7. The van der Waals surface area contributed by atoms with Crippen LogP contribution in [0.25, 0.3) is 0 Å². The molecule has 0 spiro atoms. The largest absolute Gasteiger partial charge is 0.466 e. The number of benzene rings is 1. The molecule has 2 atom stereocenters. The van der Waals surface area contributed by atoms with Crippen molar-refractivity contribution in [2.45, 2.75) is 57.7 Å². The molecule has 0 unspecified atom stereocenters. The predicted octanol–water partition coefficient (Wildman–Crippen LogP) is 4.20. The lowest BCUT2D eigenvalue weighted by Crippen LogP contribution is -2.40. The highest BCUT2D eigenvalue weighted by Gasteiger charge is 2.47. The predicted molar refractivity (Wildman–Crippen MR) is 109 cm³/mol. The molecule has 6 heteroatoms. The summed E-state index contributed by atoms with van der Waals surface area (Å²) in [6, 6.07) is 7.63. The third kappa shape index (κ3) is 3.43. The van der Waals surface area contributed by atoms with Gasteiger partial charge >= 0.3 is 5.97 Å². The number of methoxy groups -OCH3 is 1. The highest BCUT2D eigenvalue weighted by molar-refractivity contribution is 8.15. The number of allylic oxidation sites excluding steroid dienone is 1. The highest BCUT2D eigenvalue weighted by Crippen LogP contribution is 2.44. The number of ether oxygens (including phenoxy) is 1. The Labute approximate surface area is 164 Å². The van der Waals surface area contributed by atoms with Gasteiger partial charge in [-0.1, -0.05) is 63.7 Å². The number of amidine groups is 1. The lowest BCUT2D eigenvalue weighted by Gasteiger charge is -2.33. The molecule has 0 radical (unpaired) electrons. The second-order valence-electron chi connectivity index (χ2n) is 7.88. The van der Waals surface area contributed by atoms with Crippen LogP contribution in [0.2, 0.25) is 0 Å². The standard InChI is InChI=1S/C21H26N2O3S/c1-7-15-18(24)23-17(13-8-10-14(11-9-13)21(3,4)5)16(19(25)26-6)12(2)22-20(23)27-15/h8-11,15,17H,7H2,1-6H3/t15-,17-/m1/s1. The number of hydrogen-bond acceptors (Lipinski definition) is 5. The smallest absolute Gasteiger partial charge is 0.338 e. The molecular weight excluding hydrogens is 360 g/mol. The highest BCUT2D eigenvalue weighted by atomic mass is 32.2. The first kappa shape index (κ1) is 19.7. The number of thioether (sulfide) groups is 1. The Morgan fingerprint density at radius 1 is 1.26 bits per heavy atom. The van der Waals surface area contributed by atoms with Crippen LogP contribution in [-0.4, -0.2) is 34.3 Å². The van der Waals surface area contributed by atoms with Gasteiger partial charge in [-0.3, -0.25) is 9.69 Å². The van der Waals surface area contributed by atoms with Crippen molar-refractivity contribution in [2.75, 3.05) is 7.11 Å². The average Bonchev–Trinajstić information content (AvgIpc) is 2.94. The number of esters is 1. The SMILES string of the molecule is CC[C@H]1SC2=NC(C)=C(C(=O)OC)[C@@H](c3ccc(C(C)(C)C)cc3)N2C1=O. The summed E-state index contributed by atoms with van der Waals surface area (Å²) in [5.74, 6) is -0.446. The van der Waals surface area contributed by atoms with Crippen LogP contribution in [0.3, 0.4) is 0 Å². The van der Waals surface area contributed by atoms with Gasteiger partial charge in [0, 0.05) is 0 Å². The van der Waals surface area contributed by atoms with Crippen molar-refractivity contribution in [1.29, 1.82) is 0 Å². The van der Waals surface area contributed by atoms with Crippen molar-refractivity contribution in [3.63, 3.8) is 0 Å². The maximum atomic E-state index is 13.0. The van der Waals surface area contributed by atoms with Gasteiger partial charge in [0.15, 0.2) is 5.17 Å². The summed E-state index contributed by atoms with van der Waals surface area (Å²) in [6.07, 6.45) is 0.724. The molecule has 0 aromatic heterocycles. The van der Waals surface area contributed by atoms with Gasteiger partial charge in [0.05, 0.1) is 29.7 Å². The van der Waals surface area contributed by atoms with Gasteiger partial charge in [-0.25, -0.2) is 9.79 Å². The molecule has 3 rings (SSSR count). The summed E-state index contributed by atoms with van der Waals surface area (Å²) in [6.45, 7) is 10.3. The molecule has 2 heterocycles. The number of aliphatic imine (C=N–C) groups is 1. The Kier molecular flexibility index (Phi) is 5.21. The van der Waals surface area contributed by atoms with Gasteiger partial charge in [0.25, 0.3) is 0 Å². The molecule has 1 aromatic carbocycles. The Hall–Kier alpha value is -2.08. The van der Waals surface area contributed by atoms with E-state index in [-0.39, 0.29) is 16.6 Å². The van der Waals surface area contributed by atoms with Crippen LogP contribution in [-0.2, 0) is 19.7 Å². The molecular formula is C21H26N2O3S. The summed E-state index contributed by atoms with van der Waals surface area (Å²) in [5, 5.41) is 0.506. The number of nitrogens with zero attached hydrogens (tertiary/aromatic N) is 2. The number of hydrogen-bond donors (Lipinski definition) is 0. The summed E-state index contributed by atoms with van der Waals surface area (Å²) in [7, 11) is 1.36. The number of amides is 1. The average molecular weight is 387 g/mol. The maximum absolute atomic E-state index is 13.0. The second-order valence-corrected chi connectivity index (χ2v) is 9.05. The molecule has 1 amide bonds.